The third kappa shape index (κ3) is 3.81. The smallest absolute Gasteiger partial charge is 0.0473 e. The summed E-state index contributed by atoms with van der Waals surface area (Å²) < 4.78 is 0. The van der Waals surface area contributed by atoms with Gasteiger partial charge >= 0.3 is 0 Å². The zero-order valence-electron chi connectivity index (χ0n) is 13.2. The molecule has 1 aliphatic rings. The van der Waals surface area contributed by atoms with Crippen molar-refractivity contribution < 1.29 is 0 Å². The van der Waals surface area contributed by atoms with Gasteiger partial charge in [-0.05, 0) is 64.0 Å². The summed E-state index contributed by atoms with van der Waals surface area (Å²) in [7, 11) is 4.34. The van der Waals surface area contributed by atoms with E-state index < -0.39 is 0 Å². The predicted octanol–water partition coefficient (Wildman–Crippen LogP) is 2.27. The van der Waals surface area contributed by atoms with Crippen molar-refractivity contribution >= 4 is 0 Å². The Morgan fingerprint density at radius 2 is 1.90 bits per heavy atom. The summed E-state index contributed by atoms with van der Waals surface area (Å²) in [6.45, 7) is 6.47. The SMILES string of the molecule is Cc1ccccc1C(CN)N1CCC(CN(C)C)CC1. The van der Waals surface area contributed by atoms with Crippen LogP contribution in [0.5, 0.6) is 0 Å². The zero-order valence-corrected chi connectivity index (χ0v) is 13.2. The van der Waals surface area contributed by atoms with Gasteiger partial charge in [0.15, 0.2) is 0 Å². The lowest BCUT2D eigenvalue weighted by Gasteiger charge is -2.38. The number of nitrogens with two attached hydrogens (primary N) is 1. The Bertz CT molecular complexity index is 408. The Hall–Kier alpha value is -0.900. The number of rotatable bonds is 5. The molecule has 1 aromatic carbocycles. The first-order valence-electron chi connectivity index (χ1n) is 7.76. The average molecular weight is 275 g/mol. The second kappa shape index (κ2) is 7.21. The van der Waals surface area contributed by atoms with Gasteiger partial charge in [-0.1, -0.05) is 24.3 Å². The second-order valence-corrected chi connectivity index (χ2v) is 6.35. The number of hydrogen-bond donors (Lipinski definition) is 1. The highest BCUT2D eigenvalue weighted by Crippen LogP contribution is 2.28. The first kappa shape index (κ1) is 15.5. The average Bonchev–Trinajstić information content (AvgIpc) is 2.43. The first-order chi connectivity index (χ1) is 9.61. The van der Waals surface area contributed by atoms with E-state index in [2.05, 4.69) is 55.1 Å². The van der Waals surface area contributed by atoms with Crippen LogP contribution in [0.3, 0.4) is 0 Å². The van der Waals surface area contributed by atoms with Crippen LogP contribution in [-0.4, -0.2) is 50.1 Å². The van der Waals surface area contributed by atoms with E-state index in [1.165, 1.54) is 43.6 Å². The molecule has 112 valence electrons. The minimum Gasteiger partial charge on any atom is -0.329 e. The summed E-state index contributed by atoms with van der Waals surface area (Å²) in [6.07, 6.45) is 2.58. The van der Waals surface area contributed by atoms with Crippen molar-refractivity contribution in [3.05, 3.63) is 35.4 Å². The number of likely N-dealkylation sites (tertiary alicyclic amines) is 1. The Balaban J connectivity index is 1.99. The van der Waals surface area contributed by atoms with Crippen molar-refractivity contribution in [3.63, 3.8) is 0 Å². The minimum atomic E-state index is 0.386. The van der Waals surface area contributed by atoms with Gasteiger partial charge < -0.3 is 10.6 Å². The largest absolute Gasteiger partial charge is 0.329 e. The van der Waals surface area contributed by atoms with Crippen LogP contribution >= 0.6 is 0 Å². The monoisotopic (exact) mass is 275 g/mol. The van der Waals surface area contributed by atoms with Gasteiger partial charge in [0.1, 0.15) is 0 Å². The lowest BCUT2D eigenvalue weighted by atomic mass is 9.92. The zero-order chi connectivity index (χ0) is 14.5. The van der Waals surface area contributed by atoms with Gasteiger partial charge in [-0.15, -0.1) is 0 Å². The molecule has 0 radical (unpaired) electrons. The van der Waals surface area contributed by atoms with Gasteiger partial charge in [0.05, 0.1) is 0 Å². The molecule has 1 heterocycles. The van der Waals surface area contributed by atoms with Crippen molar-refractivity contribution in [2.24, 2.45) is 11.7 Å². The van der Waals surface area contributed by atoms with E-state index in [4.69, 9.17) is 5.73 Å². The quantitative estimate of drug-likeness (QED) is 0.895. The van der Waals surface area contributed by atoms with Crippen LogP contribution < -0.4 is 5.73 Å². The van der Waals surface area contributed by atoms with E-state index in [-0.39, 0.29) is 0 Å². The number of nitrogens with zero attached hydrogens (tertiary/aromatic N) is 2. The van der Waals surface area contributed by atoms with E-state index in [1.54, 1.807) is 0 Å². The summed E-state index contributed by atoms with van der Waals surface area (Å²) >= 11 is 0. The lowest BCUT2D eigenvalue weighted by molar-refractivity contribution is 0.122. The Morgan fingerprint density at radius 3 is 2.45 bits per heavy atom. The molecule has 3 heteroatoms. The van der Waals surface area contributed by atoms with Gasteiger partial charge in [0.2, 0.25) is 0 Å². The molecule has 0 spiro atoms. The summed E-state index contributed by atoms with van der Waals surface area (Å²) in [4.78, 5) is 4.89. The number of piperidine rings is 1. The van der Waals surface area contributed by atoms with Crippen LogP contribution in [0, 0.1) is 12.8 Å². The van der Waals surface area contributed by atoms with Crippen LogP contribution in [0.25, 0.3) is 0 Å². The molecule has 2 rings (SSSR count). The van der Waals surface area contributed by atoms with E-state index in [9.17, 15) is 0 Å². The van der Waals surface area contributed by atoms with Crippen LogP contribution in [0.15, 0.2) is 24.3 Å². The van der Waals surface area contributed by atoms with Gasteiger partial charge in [-0.3, -0.25) is 4.90 Å². The summed E-state index contributed by atoms with van der Waals surface area (Å²) in [6, 6.07) is 9.05. The van der Waals surface area contributed by atoms with Crippen molar-refractivity contribution in [1.29, 1.82) is 0 Å². The van der Waals surface area contributed by atoms with Crippen molar-refractivity contribution in [3.8, 4) is 0 Å². The summed E-state index contributed by atoms with van der Waals surface area (Å²) in [5.74, 6) is 0.844. The van der Waals surface area contributed by atoms with E-state index in [0.29, 0.717) is 12.6 Å². The third-order valence-corrected chi connectivity index (χ3v) is 4.48. The molecule has 0 aliphatic carbocycles. The topological polar surface area (TPSA) is 32.5 Å². The highest BCUT2D eigenvalue weighted by molar-refractivity contribution is 5.29. The molecule has 1 aromatic rings. The fourth-order valence-corrected chi connectivity index (χ4v) is 3.40. The van der Waals surface area contributed by atoms with Gasteiger partial charge in [-0.25, -0.2) is 0 Å². The second-order valence-electron chi connectivity index (χ2n) is 6.35. The van der Waals surface area contributed by atoms with Crippen molar-refractivity contribution in [1.82, 2.24) is 9.80 Å². The van der Waals surface area contributed by atoms with Gasteiger partial charge in [-0.2, -0.15) is 0 Å². The van der Waals surface area contributed by atoms with Crippen LogP contribution in [0.4, 0.5) is 0 Å². The van der Waals surface area contributed by atoms with Crippen molar-refractivity contribution in [2.75, 3.05) is 40.3 Å². The molecule has 3 nitrogen and oxygen atoms in total. The highest BCUT2D eigenvalue weighted by Gasteiger charge is 2.26. The standard InChI is InChI=1S/C17H29N3/c1-14-6-4-5-7-16(14)17(12-18)20-10-8-15(9-11-20)13-19(2)3/h4-7,15,17H,8-13,18H2,1-3H3. The molecular weight excluding hydrogens is 246 g/mol. The fraction of sp³-hybridized carbons (Fsp3) is 0.647. The molecule has 2 N–H and O–H groups in total. The minimum absolute atomic E-state index is 0.386. The first-order valence-corrected chi connectivity index (χ1v) is 7.76. The highest BCUT2D eigenvalue weighted by atomic mass is 15.2. The van der Waals surface area contributed by atoms with E-state index >= 15 is 0 Å². The molecule has 1 fully saturated rings. The molecule has 1 unspecified atom stereocenters. The summed E-state index contributed by atoms with van der Waals surface area (Å²) in [5.41, 5.74) is 8.83. The molecule has 1 aliphatic heterocycles. The Morgan fingerprint density at radius 1 is 1.25 bits per heavy atom. The summed E-state index contributed by atoms with van der Waals surface area (Å²) in [5, 5.41) is 0. The molecular formula is C17H29N3. The molecule has 20 heavy (non-hydrogen) atoms. The van der Waals surface area contributed by atoms with Gasteiger partial charge in [0, 0.05) is 19.1 Å². The molecule has 0 amide bonds. The van der Waals surface area contributed by atoms with E-state index in [0.717, 1.165) is 5.92 Å². The molecule has 1 atom stereocenters. The Labute approximate surface area is 123 Å². The molecule has 1 saturated heterocycles. The molecule has 0 aromatic heterocycles. The van der Waals surface area contributed by atoms with E-state index in [1.807, 2.05) is 0 Å². The normalized spacial score (nSPS) is 19.4. The maximum atomic E-state index is 6.07. The predicted molar refractivity (Wildman–Crippen MR) is 85.8 cm³/mol. The van der Waals surface area contributed by atoms with Crippen LogP contribution in [-0.2, 0) is 0 Å². The fourth-order valence-electron chi connectivity index (χ4n) is 3.40. The maximum Gasteiger partial charge on any atom is 0.0473 e. The van der Waals surface area contributed by atoms with Gasteiger partial charge in [0.25, 0.3) is 0 Å². The molecule has 0 saturated carbocycles. The Kier molecular flexibility index (Phi) is 5.58. The number of aryl methyl sites for hydroxylation is 1. The number of hydrogen-bond acceptors (Lipinski definition) is 3. The molecule has 0 bridgehead atoms. The lowest BCUT2D eigenvalue weighted by Crippen LogP contribution is -2.41. The third-order valence-electron chi connectivity index (χ3n) is 4.48. The van der Waals surface area contributed by atoms with Crippen molar-refractivity contribution in [2.45, 2.75) is 25.8 Å². The maximum absolute atomic E-state index is 6.07. The number of benzene rings is 1. The van der Waals surface area contributed by atoms with Crippen LogP contribution in [0.1, 0.15) is 30.0 Å². The van der Waals surface area contributed by atoms with Crippen LogP contribution in [0.2, 0.25) is 0 Å².